The summed E-state index contributed by atoms with van der Waals surface area (Å²) in [5, 5.41) is 9.19. The van der Waals surface area contributed by atoms with Gasteiger partial charge in [-0.15, -0.1) is 0 Å². The molecule has 4 rings (SSSR count). The Labute approximate surface area is 207 Å². The Balaban J connectivity index is 1.61. The lowest BCUT2D eigenvalue weighted by Gasteiger charge is -2.29. The second kappa shape index (κ2) is 9.95. The Morgan fingerprint density at radius 2 is 1.74 bits per heavy atom. The highest BCUT2D eigenvalue weighted by atomic mass is 16.6. The minimum absolute atomic E-state index is 0.146. The van der Waals surface area contributed by atoms with Crippen LogP contribution in [-0.2, 0) is 22.6 Å². The van der Waals surface area contributed by atoms with E-state index in [9.17, 15) is 14.9 Å². The van der Waals surface area contributed by atoms with Crippen molar-refractivity contribution >= 4 is 18.1 Å². The number of fused-ring (bicyclic) bond motifs is 1. The van der Waals surface area contributed by atoms with Gasteiger partial charge in [0.1, 0.15) is 5.60 Å². The summed E-state index contributed by atoms with van der Waals surface area (Å²) in [6, 6.07) is 14.1. The zero-order valence-electron chi connectivity index (χ0n) is 21.0. The van der Waals surface area contributed by atoms with Gasteiger partial charge in [0, 0.05) is 26.6 Å². The Kier molecular flexibility index (Phi) is 6.98. The molecule has 2 heterocycles. The Bertz CT molecular complexity index is 1180. The minimum atomic E-state index is -0.548. The number of hydrogen-bond acceptors (Lipinski definition) is 4. The second-order valence-electron chi connectivity index (χ2n) is 10.4. The molecular formula is C29H33N3O3. The van der Waals surface area contributed by atoms with E-state index < -0.39 is 5.60 Å². The molecule has 2 aromatic rings. The number of piperidine rings is 1. The average molecular weight is 472 g/mol. The normalized spacial score (nSPS) is 16.3. The number of carbonyl (C=O) groups excluding carboxylic acids is 2. The molecule has 0 aliphatic carbocycles. The van der Waals surface area contributed by atoms with Crippen molar-refractivity contribution in [3.63, 3.8) is 0 Å². The van der Waals surface area contributed by atoms with E-state index in [-0.39, 0.29) is 12.0 Å². The van der Waals surface area contributed by atoms with Crippen molar-refractivity contribution in [2.75, 3.05) is 13.1 Å². The summed E-state index contributed by atoms with van der Waals surface area (Å²) in [4.78, 5) is 28.0. The quantitative estimate of drug-likeness (QED) is 0.571. The monoisotopic (exact) mass is 471 g/mol. The van der Waals surface area contributed by atoms with Crippen LogP contribution in [0.5, 0.6) is 0 Å². The molecule has 0 aromatic heterocycles. The van der Waals surface area contributed by atoms with Crippen LogP contribution in [0.15, 0.2) is 42.5 Å². The van der Waals surface area contributed by atoms with Gasteiger partial charge < -0.3 is 9.64 Å². The fourth-order valence-electron chi connectivity index (χ4n) is 4.72. The molecule has 35 heavy (non-hydrogen) atoms. The molecule has 0 N–H and O–H groups in total. The predicted molar refractivity (Wildman–Crippen MR) is 136 cm³/mol. The van der Waals surface area contributed by atoms with Crippen molar-refractivity contribution in [1.29, 1.82) is 5.26 Å². The first-order valence-electron chi connectivity index (χ1n) is 12.2. The van der Waals surface area contributed by atoms with E-state index in [4.69, 9.17) is 4.74 Å². The van der Waals surface area contributed by atoms with Crippen LogP contribution in [0, 0.1) is 17.2 Å². The largest absolute Gasteiger partial charge is 0.444 e. The first-order chi connectivity index (χ1) is 16.6. The van der Waals surface area contributed by atoms with Crippen molar-refractivity contribution in [2.45, 2.75) is 59.2 Å². The van der Waals surface area contributed by atoms with Crippen LogP contribution in [0.1, 0.15) is 62.8 Å². The summed E-state index contributed by atoms with van der Waals surface area (Å²) >= 11 is 0. The molecule has 0 unspecified atom stereocenters. The van der Waals surface area contributed by atoms with Gasteiger partial charge in [0.25, 0.3) is 0 Å². The van der Waals surface area contributed by atoms with Crippen LogP contribution in [0.2, 0.25) is 0 Å². The van der Waals surface area contributed by atoms with Gasteiger partial charge in [0.15, 0.2) is 0 Å². The highest BCUT2D eigenvalue weighted by molar-refractivity contribution is 5.77. The van der Waals surface area contributed by atoms with Crippen LogP contribution >= 0.6 is 0 Å². The molecule has 0 bridgehead atoms. The van der Waals surface area contributed by atoms with Gasteiger partial charge in [-0.2, -0.15) is 5.26 Å². The van der Waals surface area contributed by atoms with Gasteiger partial charge >= 0.3 is 6.09 Å². The SMILES string of the molecule is CC(=O)N1CCC(C=Cc2cc3c(c(-c4ccc(C#N)cc4)c2)CN(C(=O)OC(C)(C)C)C3)CC1. The fraction of sp³-hybridized carbons (Fsp3) is 0.414. The number of carbonyl (C=O) groups is 2. The summed E-state index contributed by atoms with van der Waals surface area (Å²) in [5.74, 6) is 0.586. The second-order valence-corrected chi connectivity index (χ2v) is 10.4. The topological polar surface area (TPSA) is 73.6 Å². The van der Waals surface area contributed by atoms with E-state index in [1.807, 2.05) is 49.9 Å². The van der Waals surface area contributed by atoms with Crippen molar-refractivity contribution in [1.82, 2.24) is 9.80 Å². The lowest BCUT2D eigenvalue weighted by Crippen LogP contribution is -2.36. The number of ether oxygens (including phenoxy) is 1. The average Bonchev–Trinajstić information content (AvgIpc) is 3.26. The number of likely N-dealkylation sites (tertiary alicyclic amines) is 1. The third-order valence-electron chi connectivity index (χ3n) is 6.60. The highest BCUT2D eigenvalue weighted by Gasteiger charge is 2.30. The maximum absolute atomic E-state index is 12.8. The number of rotatable bonds is 3. The molecule has 2 aromatic carbocycles. The fourth-order valence-corrected chi connectivity index (χ4v) is 4.72. The predicted octanol–water partition coefficient (Wildman–Crippen LogP) is 5.75. The molecule has 1 fully saturated rings. The zero-order valence-corrected chi connectivity index (χ0v) is 21.0. The third-order valence-corrected chi connectivity index (χ3v) is 6.60. The maximum atomic E-state index is 12.8. The molecule has 2 amide bonds. The van der Waals surface area contributed by atoms with Crippen LogP contribution in [0.3, 0.4) is 0 Å². The molecule has 0 radical (unpaired) electrons. The molecule has 0 saturated carbocycles. The van der Waals surface area contributed by atoms with E-state index in [1.54, 1.807) is 11.8 Å². The molecule has 2 aliphatic heterocycles. The highest BCUT2D eigenvalue weighted by Crippen LogP contribution is 2.35. The number of allylic oxidation sites excluding steroid dienone is 1. The molecule has 6 heteroatoms. The van der Waals surface area contributed by atoms with Gasteiger partial charge in [0.05, 0.1) is 18.2 Å². The maximum Gasteiger partial charge on any atom is 0.410 e. The third kappa shape index (κ3) is 5.92. The number of nitriles is 1. The van der Waals surface area contributed by atoms with Crippen LogP contribution in [0.25, 0.3) is 17.2 Å². The van der Waals surface area contributed by atoms with E-state index in [2.05, 4.69) is 30.4 Å². The van der Waals surface area contributed by atoms with Crippen molar-refractivity contribution in [2.24, 2.45) is 5.92 Å². The van der Waals surface area contributed by atoms with E-state index >= 15 is 0 Å². The van der Waals surface area contributed by atoms with Gasteiger partial charge in [-0.1, -0.05) is 24.3 Å². The van der Waals surface area contributed by atoms with Gasteiger partial charge in [-0.3, -0.25) is 9.69 Å². The zero-order chi connectivity index (χ0) is 25.2. The van der Waals surface area contributed by atoms with Gasteiger partial charge in [-0.25, -0.2) is 4.79 Å². The van der Waals surface area contributed by atoms with E-state index in [0.29, 0.717) is 24.6 Å². The summed E-state index contributed by atoms with van der Waals surface area (Å²) in [6.07, 6.45) is 6.04. The molecule has 1 saturated heterocycles. The minimum Gasteiger partial charge on any atom is -0.444 e. The van der Waals surface area contributed by atoms with Gasteiger partial charge in [0.2, 0.25) is 5.91 Å². The van der Waals surface area contributed by atoms with E-state index in [0.717, 1.165) is 53.7 Å². The molecule has 6 nitrogen and oxygen atoms in total. The number of amides is 2. The molecule has 0 atom stereocenters. The van der Waals surface area contributed by atoms with Crippen molar-refractivity contribution in [3.05, 3.63) is 64.7 Å². The summed E-state index contributed by atoms with van der Waals surface area (Å²) in [5.41, 5.74) is 5.49. The summed E-state index contributed by atoms with van der Waals surface area (Å²) in [7, 11) is 0. The smallest absolute Gasteiger partial charge is 0.410 e. The Morgan fingerprint density at radius 1 is 1.06 bits per heavy atom. The lowest BCUT2D eigenvalue weighted by molar-refractivity contribution is -0.129. The number of benzene rings is 2. The molecule has 0 spiro atoms. The lowest BCUT2D eigenvalue weighted by atomic mass is 9.92. The van der Waals surface area contributed by atoms with Crippen LogP contribution in [0.4, 0.5) is 4.79 Å². The first kappa shape index (κ1) is 24.5. The molecule has 182 valence electrons. The first-order valence-corrected chi connectivity index (χ1v) is 12.2. The Hall–Kier alpha value is -3.59. The number of hydrogen-bond donors (Lipinski definition) is 0. The van der Waals surface area contributed by atoms with Gasteiger partial charge in [-0.05, 0) is 91.6 Å². The standard InChI is InChI=1S/C29H33N3O3/c1-20(33)31-13-11-21(12-14-31)5-6-23-15-25-18-32(28(34)35-29(2,3)4)19-27(25)26(16-23)24-9-7-22(17-30)8-10-24/h5-10,15-16,21H,11-14,18-19H2,1-4H3. The van der Waals surface area contributed by atoms with Crippen LogP contribution < -0.4 is 0 Å². The Morgan fingerprint density at radius 3 is 2.34 bits per heavy atom. The van der Waals surface area contributed by atoms with Crippen molar-refractivity contribution < 1.29 is 14.3 Å². The summed E-state index contributed by atoms with van der Waals surface area (Å²) in [6.45, 7) is 9.86. The van der Waals surface area contributed by atoms with Crippen molar-refractivity contribution in [3.8, 4) is 17.2 Å². The summed E-state index contributed by atoms with van der Waals surface area (Å²) < 4.78 is 5.62. The molecular weight excluding hydrogens is 438 g/mol. The number of nitrogens with zero attached hydrogens (tertiary/aromatic N) is 3. The van der Waals surface area contributed by atoms with Crippen LogP contribution in [-0.4, -0.2) is 40.5 Å². The molecule has 2 aliphatic rings. The van der Waals surface area contributed by atoms with E-state index in [1.165, 1.54) is 0 Å².